The van der Waals surface area contributed by atoms with Crippen LogP contribution in [0.5, 0.6) is 5.75 Å². The molecule has 1 heterocycles. The number of hydrogen-bond acceptors (Lipinski definition) is 5. The summed E-state index contributed by atoms with van der Waals surface area (Å²) in [6, 6.07) is 5.65. The first kappa shape index (κ1) is 20.9. The lowest BCUT2D eigenvalue weighted by atomic mass is 10.1. The standard InChI is InChI=1S/C14H18N2O2.C4H4O4/c1-10(17)18-12-4-5-14-13(8-12)11(9-15-14)6-7-16(2)3;5-3(6)1-2-4(7)8/h4-5,8-9,15H,6-7H2,1-3H3;1-2H,(H,5,6)(H,7,8)/b;2-1+. The van der Waals surface area contributed by atoms with Crippen molar-refractivity contribution in [1.29, 1.82) is 0 Å². The molecule has 0 aliphatic carbocycles. The Morgan fingerprint density at radius 2 is 1.77 bits per heavy atom. The number of carboxylic acid groups (broad SMARTS) is 2. The number of benzene rings is 1. The largest absolute Gasteiger partial charge is 0.478 e. The summed E-state index contributed by atoms with van der Waals surface area (Å²) in [5.41, 5.74) is 2.31. The average Bonchev–Trinajstić information content (AvgIpc) is 2.93. The fourth-order valence-corrected chi connectivity index (χ4v) is 2.08. The van der Waals surface area contributed by atoms with Crippen molar-refractivity contribution in [3.63, 3.8) is 0 Å². The molecule has 26 heavy (non-hydrogen) atoms. The molecule has 8 nitrogen and oxygen atoms in total. The molecule has 0 radical (unpaired) electrons. The van der Waals surface area contributed by atoms with Gasteiger partial charge in [-0.15, -0.1) is 0 Å². The molecule has 0 fully saturated rings. The van der Waals surface area contributed by atoms with Gasteiger partial charge in [-0.2, -0.15) is 0 Å². The quantitative estimate of drug-likeness (QED) is 0.408. The molecule has 1 aromatic heterocycles. The number of nitrogens with zero attached hydrogens (tertiary/aromatic N) is 1. The molecule has 0 aliphatic heterocycles. The lowest BCUT2D eigenvalue weighted by Crippen LogP contribution is -2.14. The van der Waals surface area contributed by atoms with Crippen LogP contribution in [0.3, 0.4) is 0 Å². The van der Waals surface area contributed by atoms with Gasteiger partial charge in [-0.3, -0.25) is 4.79 Å². The van der Waals surface area contributed by atoms with Gasteiger partial charge in [-0.1, -0.05) is 0 Å². The van der Waals surface area contributed by atoms with Crippen molar-refractivity contribution in [3.8, 4) is 5.75 Å². The summed E-state index contributed by atoms with van der Waals surface area (Å²) in [5, 5.41) is 16.7. The molecule has 3 N–H and O–H groups in total. The van der Waals surface area contributed by atoms with Crippen LogP contribution >= 0.6 is 0 Å². The molecular formula is C18H22N2O6. The summed E-state index contributed by atoms with van der Waals surface area (Å²) < 4.78 is 5.11. The van der Waals surface area contributed by atoms with E-state index < -0.39 is 11.9 Å². The van der Waals surface area contributed by atoms with Crippen molar-refractivity contribution < 1.29 is 29.3 Å². The lowest BCUT2D eigenvalue weighted by Gasteiger charge is -2.08. The molecule has 0 saturated heterocycles. The Hall–Kier alpha value is -3.13. The molecule has 8 heteroatoms. The van der Waals surface area contributed by atoms with E-state index in [4.69, 9.17) is 14.9 Å². The van der Waals surface area contributed by atoms with Crippen LogP contribution in [-0.2, 0) is 20.8 Å². The summed E-state index contributed by atoms with van der Waals surface area (Å²) in [6.07, 6.45) is 4.10. The molecule has 0 spiro atoms. The van der Waals surface area contributed by atoms with Crippen molar-refractivity contribution >= 4 is 28.8 Å². The molecule has 2 rings (SSSR count). The Morgan fingerprint density at radius 3 is 2.27 bits per heavy atom. The number of esters is 1. The van der Waals surface area contributed by atoms with E-state index in [1.165, 1.54) is 12.5 Å². The fraction of sp³-hybridized carbons (Fsp3) is 0.278. The molecule has 2 aromatic rings. The van der Waals surface area contributed by atoms with Crippen LogP contribution in [0.15, 0.2) is 36.5 Å². The molecule has 0 aliphatic rings. The predicted molar refractivity (Wildman–Crippen MR) is 96.3 cm³/mol. The number of aliphatic carboxylic acids is 2. The Labute approximate surface area is 150 Å². The molecule has 0 atom stereocenters. The highest BCUT2D eigenvalue weighted by atomic mass is 16.5. The monoisotopic (exact) mass is 362 g/mol. The molecule has 140 valence electrons. The van der Waals surface area contributed by atoms with Crippen molar-refractivity contribution in [2.24, 2.45) is 0 Å². The van der Waals surface area contributed by atoms with E-state index in [1.54, 1.807) is 6.07 Å². The Balaban J connectivity index is 0.000000359. The molecule has 0 amide bonds. The van der Waals surface area contributed by atoms with Crippen LogP contribution in [0.4, 0.5) is 0 Å². The van der Waals surface area contributed by atoms with E-state index in [9.17, 15) is 14.4 Å². The SMILES string of the molecule is CC(=O)Oc1ccc2[nH]cc(CCN(C)C)c2c1.O=C(O)/C=C/C(=O)O. The highest BCUT2D eigenvalue weighted by Crippen LogP contribution is 2.24. The zero-order valence-electron chi connectivity index (χ0n) is 14.9. The maximum atomic E-state index is 11.0. The summed E-state index contributed by atoms with van der Waals surface area (Å²) in [5.74, 6) is -2.21. The van der Waals surface area contributed by atoms with Gasteiger partial charge in [0.25, 0.3) is 0 Å². The molecule has 0 bridgehead atoms. The maximum Gasteiger partial charge on any atom is 0.328 e. The number of carbonyl (C=O) groups is 3. The van der Waals surface area contributed by atoms with Crippen LogP contribution in [0.25, 0.3) is 10.9 Å². The highest BCUT2D eigenvalue weighted by molar-refractivity contribution is 5.89. The molecule has 0 saturated carbocycles. The smallest absolute Gasteiger partial charge is 0.328 e. The number of likely N-dealkylation sites (N-methyl/N-ethyl adjacent to an activating group) is 1. The third-order valence-electron chi connectivity index (χ3n) is 3.20. The van der Waals surface area contributed by atoms with Gasteiger partial charge in [0.15, 0.2) is 0 Å². The van der Waals surface area contributed by atoms with Crippen molar-refractivity contribution in [2.45, 2.75) is 13.3 Å². The van der Waals surface area contributed by atoms with Gasteiger partial charge in [0.05, 0.1) is 0 Å². The maximum absolute atomic E-state index is 11.0. The normalized spacial score (nSPS) is 10.6. The van der Waals surface area contributed by atoms with E-state index in [0.29, 0.717) is 17.9 Å². The van der Waals surface area contributed by atoms with Crippen molar-refractivity contribution in [3.05, 3.63) is 42.1 Å². The minimum absolute atomic E-state index is 0.292. The number of carbonyl (C=O) groups excluding carboxylic acids is 1. The van der Waals surface area contributed by atoms with Gasteiger partial charge >= 0.3 is 17.9 Å². The molecule has 1 aromatic carbocycles. The molecule has 0 unspecified atom stereocenters. The number of nitrogens with one attached hydrogen (secondary N) is 1. The predicted octanol–water partition coefficient (Wildman–Crippen LogP) is 1.91. The van der Waals surface area contributed by atoms with Gasteiger partial charge in [0.2, 0.25) is 0 Å². The van der Waals surface area contributed by atoms with Crippen LogP contribution < -0.4 is 4.74 Å². The minimum atomic E-state index is -1.26. The number of aromatic nitrogens is 1. The number of fused-ring (bicyclic) bond motifs is 1. The second kappa shape index (κ2) is 10.00. The zero-order valence-corrected chi connectivity index (χ0v) is 14.9. The summed E-state index contributed by atoms with van der Waals surface area (Å²) in [4.78, 5) is 35.4. The van der Waals surface area contributed by atoms with Crippen molar-refractivity contribution in [2.75, 3.05) is 20.6 Å². The first-order valence-corrected chi connectivity index (χ1v) is 7.76. The highest BCUT2D eigenvalue weighted by Gasteiger charge is 2.06. The number of carboxylic acids is 2. The van der Waals surface area contributed by atoms with Crippen LogP contribution in [0, 0.1) is 0 Å². The second-order valence-corrected chi connectivity index (χ2v) is 5.68. The van der Waals surface area contributed by atoms with Crippen LogP contribution in [0.1, 0.15) is 12.5 Å². The Morgan fingerprint density at radius 1 is 1.15 bits per heavy atom. The van der Waals surface area contributed by atoms with E-state index >= 15 is 0 Å². The van der Waals surface area contributed by atoms with E-state index in [1.807, 2.05) is 18.3 Å². The fourth-order valence-electron chi connectivity index (χ4n) is 2.08. The number of H-pyrrole nitrogens is 1. The van der Waals surface area contributed by atoms with Gasteiger partial charge < -0.3 is 24.8 Å². The lowest BCUT2D eigenvalue weighted by molar-refractivity contribution is -0.134. The average molecular weight is 362 g/mol. The van der Waals surface area contributed by atoms with Gasteiger partial charge in [0.1, 0.15) is 5.75 Å². The Kier molecular flexibility index (Phi) is 8.04. The third-order valence-corrected chi connectivity index (χ3v) is 3.20. The van der Waals surface area contributed by atoms with Gasteiger partial charge in [-0.25, -0.2) is 9.59 Å². The molecular weight excluding hydrogens is 340 g/mol. The second-order valence-electron chi connectivity index (χ2n) is 5.68. The van der Waals surface area contributed by atoms with Gasteiger partial charge in [-0.05, 0) is 44.3 Å². The van der Waals surface area contributed by atoms with Crippen molar-refractivity contribution in [1.82, 2.24) is 9.88 Å². The first-order valence-electron chi connectivity index (χ1n) is 7.76. The van der Waals surface area contributed by atoms with E-state index in [2.05, 4.69) is 24.0 Å². The zero-order chi connectivity index (χ0) is 19.7. The topological polar surface area (TPSA) is 120 Å². The first-order chi connectivity index (χ1) is 12.2. The van der Waals surface area contributed by atoms with Gasteiger partial charge in [0, 0.05) is 42.7 Å². The van der Waals surface area contributed by atoms with Crippen LogP contribution in [-0.4, -0.2) is 58.6 Å². The van der Waals surface area contributed by atoms with E-state index in [-0.39, 0.29) is 5.97 Å². The summed E-state index contributed by atoms with van der Waals surface area (Å²) in [6.45, 7) is 2.40. The number of ether oxygens (including phenoxy) is 1. The summed E-state index contributed by atoms with van der Waals surface area (Å²) in [7, 11) is 4.11. The number of aromatic amines is 1. The minimum Gasteiger partial charge on any atom is -0.478 e. The van der Waals surface area contributed by atoms with E-state index in [0.717, 1.165) is 23.9 Å². The number of hydrogen-bond donors (Lipinski definition) is 3. The Bertz CT molecular complexity index is 791. The third kappa shape index (κ3) is 7.63. The number of rotatable bonds is 6. The van der Waals surface area contributed by atoms with Crippen LogP contribution in [0.2, 0.25) is 0 Å². The summed E-state index contributed by atoms with van der Waals surface area (Å²) >= 11 is 0.